The summed E-state index contributed by atoms with van der Waals surface area (Å²) in [6, 6.07) is 18.8. The third kappa shape index (κ3) is 6.07. The first-order chi connectivity index (χ1) is 18.7. The molecule has 204 valence electrons. The molecule has 8 heteroatoms. The van der Waals surface area contributed by atoms with Crippen molar-refractivity contribution in [3.63, 3.8) is 0 Å². The second kappa shape index (κ2) is 12.0. The molecule has 3 aromatic rings. The standard InChI is InChI=1S/C31H34N2O6/c1-20-17-23(39-19-21-9-6-5-7-10-21)12-13-24(20)29(35)27-28(22-11-14-25(34)26(18-22)38-4)33(31(37)30(27)36)16-8-15-32(2)3/h5-7,9-14,17-18,28,34-35H,8,15-16,19H2,1-4H3/b29-27+/t28-/m0/s1. The number of aliphatic hydroxyl groups is 1. The minimum Gasteiger partial charge on any atom is -0.507 e. The number of likely N-dealkylation sites (tertiary alicyclic amines) is 1. The number of phenolic OH excluding ortho intramolecular Hbond substituents is 1. The second-order valence-electron chi connectivity index (χ2n) is 9.83. The Balaban J connectivity index is 1.72. The van der Waals surface area contributed by atoms with E-state index in [2.05, 4.69) is 0 Å². The van der Waals surface area contributed by atoms with Crippen LogP contribution in [0.4, 0.5) is 0 Å². The van der Waals surface area contributed by atoms with E-state index in [1.165, 1.54) is 18.1 Å². The first-order valence-corrected chi connectivity index (χ1v) is 12.8. The van der Waals surface area contributed by atoms with Gasteiger partial charge in [-0.25, -0.2) is 0 Å². The van der Waals surface area contributed by atoms with Gasteiger partial charge in [0.1, 0.15) is 18.1 Å². The summed E-state index contributed by atoms with van der Waals surface area (Å²) in [7, 11) is 5.30. The van der Waals surface area contributed by atoms with Gasteiger partial charge in [0.05, 0.1) is 18.7 Å². The molecule has 0 bridgehead atoms. The minimum atomic E-state index is -0.838. The number of phenols is 1. The van der Waals surface area contributed by atoms with Crippen molar-refractivity contribution in [3.05, 3.63) is 94.6 Å². The molecule has 1 aliphatic heterocycles. The van der Waals surface area contributed by atoms with Gasteiger partial charge in [-0.15, -0.1) is 0 Å². The van der Waals surface area contributed by atoms with Crippen LogP contribution in [0, 0.1) is 6.92 Å². The number of aliphatic hydroxyl groups excluding tert-OH is 1. The van der Waals surface area contributed by atoms with E-state index in [-0.39, 0.29) is 22.8 Å². The van der Waals surface area contributed by atoms with Crippen LogP contribution >= 0.6 is 0 Å². The molecule has 3 aromatic carbocycles. The van der Waals surface area contributed by atoms with Gasteiger partial charge in [-0.05, 0) is 81.0 Å². The molecule has 1 atom stereocenters. The van der Waals surface area contributed by atoms with E-state index in [9.17, 15) is 19.8 Å². The molecular formula is C31H34N2O6. The monoisotopic (exact) mass is 530 g/mol. The number of carbonyl (C=O) groups excluding carboxylic acids is 2. The van der Waals surface area contributed by atoms with E-state index in [1.807, 2.05) is 56.3 Å². The summed E-state index contributed by atoms with van der Waals surface area (Å²) in [5, 5.41) is 21.6. The molecule has 39 heavy (non-hydrogen) atoms. The number of ketones is 1. The fourth-order valence-corrected chi connectivity index (χ4v) is 4.76. The van der Waals surface area contributed by atoms with Crippen LogP contribution < -0.4 is 9.47 Å². The Morgan fingerprint density at radius 1 is 1.03 bits per heavy atom. The topological polar surface area (TPSA) is 99.5 Å². The van der Waals surface area contributed by atoms with Gasteiger partial charge >= 0.3 is 0 Å². The van der Waals surface area contributed by atoms with Gasteiger partial charge < -0.3 is 29.5 Å². The van der Waals surface area contributed by atoms with Crippen molar-refractivity contribution in [2.45, 2.75) is 26.0 Å². The van der Waals surface area contributed by atoms with E-state index in [4.69, 9.17) is 9.47 Å². The van der Waals surface area contributed by atoms with Crippen LogP contribution in [0.2, 0.25) is 0 Å². The van der Waals surface area contributed by atoms with E-state index in [0.717, 1.165) is 12.1 Å². The normalized spacial score (nSPS) is 16.6. The number of aromatic hydroxyl groups is 1. The molecule has 0 aliphatic carbocycles. The minimum absolute atomic E-state index is 0.00125. The first kappa shape index (κ1) is 27.7. The maximum Gasteiger partial charge on any atom is 0.295 e. The number of nitrogens with zero attached hydrogens (tertiary/aromatic N) is 2. The summed E-state index contributed by atoms with van der Waals surface area (Å²) in [6.45, 7) is 3.25. The fourth-order valence-electron chi connectivity index (χ4n) is 4.76. The Labute approximate surface area is 228 Å². The lowest BCUT2D eigenvalue weighted by molar-refractivity contribution is -0.139. The van der Waals surface area contributed by atoms with Crippen molar-refractivity contribution in [2.24, 2.45) is 0 Å². The lowest BCUT2D eigenvalue weighted by atomic mass is 9.93. The average molecular weight is 531 g/mol. The zero-order chi connectivity index (χ0) is 28.1. The highest BCUT2D eigenvalue weighted by Gasteiger charge is 2.46. The number of rotatable bonds is 10. The Hall–Kier alpha value is -4.30. The Bertz CT molecular complexity index is 1380. The van der Waals surface area contributed by atoms with Crippen molar-refractivity contribution < 1.29 is 29.3 Å². The molecule has 8 nitrogen and oxygen atoms in total. The zero-order valence-electron chi connectivity index (χ0n) is 22.7. The maximum absolute atomic E-state index is 13.3. The zero-order valence-corrected chi connectivity index (χ0v) is 22.7. The van der Waals surface area contributed by atoms with Gasteiger partial charge in [-0.2, -0.15) is 0 Å². The number of hydrogen-bond donors (Lipinski definition) is 2. The number of ether oxygens (including phenoxy) is 2. The number of hydrogen-bond acceptors (Lipinski definition) is 7. The van der Waals surface area contributed by atoms with Crippen LogP contribution in [0.1, 0.15) is 34.7 Å². The van der Waals surface area contributed by atoms with Gasteiger partial charge in [0.25, 0.3) is 11.7 Å². The number of amides is 1. The van der Waals surface area contributed by atoms with Crippen LogP contribution in [-0.2, 0) is 16.2 Å². The molecule has 1 fully saturated rings. The summed E-state index contributed by atoms with van der Waals surface area (Å²) < 4.78 is 11.2. The van der Waals surface area contributed by atoms with Gasteiger partial charge in [0.2, 0.25) is 0 Å². The van der Waals surface area contributed by atoms with Crippen LogP contribution in [0.5, 0.6) is 17.2 Å². The van der Waals surface area contributed by atoms with Crippen LogP contribution in [-0.4, -0.2) is 66.0 Å². The number of carbonyl (C=O) groups is 2. The lowest BCUT2D eigenvalue weighted by Crippen LogP contribution is -2.32. The Kier molecular flexibility index (Phi) is 8.56. The molecule has 2 N–H and O–H groups in total. The maximum atomic E-state index is 13.3. The second-order valence-corrected chi connectivity index (χ2v) is 9.83. The van der Waals surface area contributed by atoms with Gasteiger partial charge in [-0.3, -0.25) is 9.59 Å². The average Bonchev–Trinajstić information content (AvgIpc) is 3.17. The van der Waals surface area contributed by atoms with Gasteiger partial charge in [-0.1, -0.05) is 36.4 Å². The van der Waals surface area contributed by atoms with E-state index in [0.29, 0.717) is 42.0 Å². The largest absolute Gasteiger partial charge is 0.507 e. The molecule has 4 rings (SSSR count). The van der Waals surface area contributed by atoms with Crippen molar-refractivity contribution in [3.8, 4) is 17.2 Å². The Morgan fingerprint density at radius 3 is 2.44 bits per heavy atom. The summed E-state index contributed by atoms with van der Waals surface area (Å²) in [5.74, 6) is -0.911. The van der Waals surface area contributed by atoms with Crippen LogP contribution in [0.15, 0.2) is 72.3 Å². The summed E-state index contributed by atoms with van der Waals surface area (Å²) >= 11 is 0. The third-order valence-corrected chi connectivity index (χ3v) is 6.77. The number of methoxy groups -OCH3 is 1. The predicted molar refractivity (Wildman–Crippen MR) is 149 cm³/mol. The molecule has 0 unspecified atom stereocenters. The van der Waals surface area contributed by atoms with Crippen LogP contribution in [0.3, 0.4) is 0 Å². The number of aryl methyl sites for hydroxylation is 1. The first-order valence-electron chi connectivity index (χ1n) is 12.8. The van der Waals surface area contributed by atoms with Crippen molar-refractivity contribution in [1.29, 1.82) is 0 Å². The van der Waals surface area contributed by atoms with Crippen molar-refractivity contribution >= 4 is 17.4 Å². The third-order valence-electron chi connectivity index (χ3n) is 6.77. The highest BCUT2D eigenvalue weighted by atomic mass is 16.5. The molecular weight excluding hydrogens is 496 g/mol. The molecule has 0 aromatic heterocycles. The number of Topliss-reactive ketones (excluding diaryl/α,β-unsaturated/α-hetero) is 1. The van der Waals surface area contributed by atoms with Gasteiger partial charge in [0, 0.05) is 12.1 Å². The number of benzene rings is 3. The van der Waals surface area contributed by atoms with Crippen molar-refractivity contribution in [1.82, 2.24) is 9.80 Å². The smallest absolute Gasteiger partial charge is 0.295 e. The van der Waals surface area contributed by atoms with E-state index >= 15 is 0 Å². The summed E-state index contributed by atoms with van der Waals surface area (Å²) in [5.41, 5.74) is 2.71. The highest BCUT2D eigenvalue weighted by molar-refractivity contribution is 6.46. The predicted octanol–water partition coefficient (Wildman–Crippen LogP) is 4.66. The Morgan fingerprint density at radius 2 is 1.77 bits per heavy atom. The molecule has 1 saturated heterocycles. The van der Waals surface area contributed by atoms with E-state index < -0.39 is 17.7 Å². The quantitative estimate of drug-likeness (QED) is 0.223. The molecule has 0 spiro atoms. The molecule has 0 saturated carbocycles. The summed E-state index contributed by atoms with van der Waals surface area (Å²) in [6.07, 6.45) is 0.637. The highest BCUT2D eigenvalue weighted by Crippen LogP contribution is 2.42. The van der Waals surface area contributed by atoms with Crippen molar-refractivity contribution in [2.75, 3.05) is 34.3 Å². The summed E-state index contributed by atoms with van der Waals surface area (Å²) in [4.78, 5) is 30.0. The molecule has 1 heterocycles. The molecule has 0 radical (unpaired) electrons. The molecule has 1 aliphatic rings. The lowest BCUT2D eigenvalue weighted by Gasteiger charge is -2.26. The van der Waals surface area contributed by atoms with Gasteiger partial charge in [0.15, 0.2) is 11.5 Å². The fraction of sp³-hybridized carbons (Fsp3) is 0.290. The SMILES string of the molecule is COc1cc([C@H]2/C(=C(\O)c3ccc(OCc4ccccc4)cc3C)C(=O)C(=O)N2CCCN(C)C)ccc1O. The van der Waals surface area contributed by atoms with Crippen LogP contribution in [0.25, 0.3) is 5.76 Å². The van der Waals surface area contributed by atoms with E-state index in [1.54, 1.807) is 30.3 Å². The molecule has 1 amide bonds.